The van der Waals surface area contributed by atoms with Crippen LogP contribution in [0.2, 0.25) is 0 Å². The molecule has 0 aliphatic heterocycles. The molecule has 122 valence electrons. The third-order valence-electron chi connectivity index (χ3n) is 6.13. The highest BCUT2D eigenvalue weighted by molar-refractivity contribution is 6.48. The molecule has 2 atom stereocenters. The maximum Gasteiger partial charge on any atom is 0.239 e. The summed E-state index contributed by atoms with van der Waals surface area (Å²) in [6, 6.07) is 13.4. The Morgan fingerprint density at radius 1 is 1.08 bits per heavy atom. The lowest BCUT2D eigenvalue weighted by atomic mass is 9.68. The number of hydrogen-bond acceptors (Lipinski definition) is 3. The molecular formula is C20H19NO3. The van der Waals surface area contributed by atoms with Crippen LogP contribution in [0.25, 0.3) is 10.8 Å². The van der Waals surface area contributed by atoms with Gasteiger partial charge in [-0.05, 0) is 29.7 Å². The summed E-state index contributed by atoms with van der Waals surface area (Å²) in [7, 11) is 0. The first-order valence-electron chi connectivity index (χ1n) is 8.27. The normalized spacial score (nSPS) is 27.7. The second kappa shape index (κ2) is 4.76. The predicted molar refractivity (Wildman–Crippen MR) is 91.5 cm³/mol. The minimum absolute atomic E-state index is 0.330. The number of benzene rings is 2. The van der Waals surface area contributed by atoms with Crippen LogP contribution in [0.1, 0.15) is 26.7 Å². The minimum Gasteiger partial charge on any atom is -0.325 e. The zero-order chi connectivity index (χ0) is 17.1. The van der Waals surface area contributed by atoms with Gasteiger partial charge in [0, 0.05) is 17.0 Å². The zero-order valence-corrected chi connectivity index (χ0v) is 13.8. The molecule has 0 radical (unpaired) electrons. The molecule has 2 fully saturated rings. The summed E-state index contributed by atoms with van der Waals surface area (Å²) in [4.78, 5) is 37.9. The van der Waals surface area contributed by atoms with E-state index in [1.54, 1.807) is 0 Å². The smallest absolute Gasteiger partial charge is 0.239 e. The maximum atomic E-state index is 13.1. The fourth-order valence-electron chi connectivity index (χ4n) is 4.65. The Morgan fingerprint density at radius 3 is 2.50 bits per heavy atom. The van der Waals surface area contributed by atoms with Crippen molar-refractivity contribution >= 4 is 33.9 Å². The molecule has 0 spiro atoms. The van der Waals surface area contributed by atoms with Crippen molar-refractivity contribution in [3.05, 3.63) is 42.5 Å². The van der Waals surface area contributed by atoms with E-state index in [1.165, 1.54) is 0 Å². The van der Waals surface area contributed by atoms with Gasteiger partial charge in [-0.25, -0.2) is 0 Å². The van der Waals surface area contributed by atoms with Crippen LogP contribution in [0.3, 0.4) is 0 Å². The molecule has 2 aromatic carbocycles. The predicted octanol–water partition coefficient (Wildman–Crippen LogP) is 3.35. The van der Waals surface area contributed by atoms with Gasteiger partial charge in [-0.15, -0.1) is 0 Å². The van der Waals surface area contributed by atoms with Crippen molar-refractivity contribution in [1.82, 2.24) is 0 Å². The monoisotopic (exact) mass is 321 g/mol. The van der Waals surface area contributed by atoms with Gasteiger partial charge in [-0.3, -0.25) is 14.4 Å². The number of carbonyl (C=O) groups is 3. The third kappa shape index (κ3) is 1.66. The summed E-state index contributed by atoms with van der Waals surface area (Å²) < 4.78 is 0. The van der Waals surface area contributed by atoms with Crippen molar-refractivity contribution in [2.24, 2.45) is 16.7 Å². The van der Waals surface area contributed by atoms with Crippen molar-refractivity contribution < 1.29 is 14.4 Å². The van der Waals surface area contributed by atoms with Gasteiger partial charge in [-0.2, -0.15) is 0 Å². The molecule has 2 saturated carbocycles. The van der Waals surface area contributed by atoms with Gasteiger partial charge in [0.15, 0.2) is 0 Å². The molecule has 2 aromatic rings. The van der Waals surface area contributed by atoms with E-state index in [9.17, 15) is 14.4 Å². The fourth-order valence-corrected chi connectivity index (χ4v) is 4.65. The van der Waals surface area contributed by atoms with Gasteiger partial charge < -0.3 is 5.32 Å². The Kier molecular flexibility index (Phi) is 2.99. The van der Waals surface area contributed by atoms with Gasteiger partial charge in [0.1, 0.15) is 5.41 Å². The van der Waals surface area contributed by atoms with Gasteiger partial charge in [0.25, 0.3) is 0 Å². The summed E-state index contributed by atoms with van der Waals surface area (Å²) in [5.41, 5.74) is -1.18. The molecule has 4 rings (SSSR count). The van der Waals surface area contributed by atoms with Crippen LogP contribution in [-0.4, -0.2) is 17.5 Å². The first-order valence-corrected chi connectivity index (χ1v) is 8.27. The van der Waals surface area contributed by atoms with Crippen LogP contribution in [0.15, 0.2) is 42.5 Å². The standard InChI is InChI=1S/C20H19NO3/c1-19(2)14-10-11-20(19,17(23)16(14)22)18(24)21-15-9-5-7-12-6-3-4-8-13(12)15/h3-9,14H,10-11H2,1-2H3,(H,21,24). The topological polar surface area (TPSA) is 63.2 Å². The van der Waals surface area contributed by atoms with E-state index in [1.807, 2.05) is 56.3 Å². The van der Waals surface area contributed by atoms with Gasteiger partial charge in [0.2, 0.25) is 17.5 Å². The van der Waals surface area contributed by atoms with Crippen LogP contribution in [0.4, 0.5) is 5.69 Å². The van der Waals surface area contributed by atoms with Crippen molar-refractivity contribution in [2.45, 2.75) is 26.7 Å². The highest BCUT2D eigenvalue weighted by atomic mass is 16.2. The molecule has 2 bridgehead atoms. The lowest BCUT2D eigenvalue weighted by Crippen LogP contribution is -2.47. The number of Topliss-reactive ketones (excluding diaryl/α,β-unsaturated/α-hetero) is 2. The molecule has 0 heterocycles. The zero-order valence-electron chi connectivity index (χ0n) is 13.8. The lowest BCUT2D eigenvalue weighted by Gasteiger charge is -2.33. The number of nitrogens with one attached hydrogen (secondary N) is 1. The minimum atomic E-state index is -1.23. The van der Waals surface area contributed by atoms with Crippen LogP contribution >= 0.6 is 0 Å². The first kappa shape index (κ1) is 15.1. The van der Waals surface area contributed by atoms with E-state index in [0.29, 0.717) is 18.5 Å². The molecule has 2 unspecified atom stereocenters. The Bertz CT molecular complexity index is 893. The Labute approximate surface area is 140 Å². The SMILES string of the molecule is CC1(C)C2CCC1(C(=O)Nc1cccc3ccccc13)C(=O)C2=O. The van der Waals surface area contributed by atoms with Crippen molar-refractivity contribution in [3.8, 4) is 0 Å². The number of fused-ring (bicyclic) bond motifs is 3. The molecule has 4 heteroatoms. The molecule has 1 amide bonds. The van der Waals surface area contributed by atoms with E-state index in [4.69, 9.17) is 0 Å². The Morgan fingerprint density at radius 2 is 1.79 bits per heavy atom. The highest BCUT2D eigenvalue weighted by Gasteiger charge is 2.72. The van der Waals surface area contributed by atoms with E-state index in [0.717, 1.165) is 10.8 Å². The van der Waals surface area contributed by atoms with E-state index >= 15 is 0 Å². The highest BCUT2D eigenvalue weighted by Crippen LogP contribution is 2.62. The quantitative estimate of drug-likeness (QED) is 0.681. The average Bonchev–Trinajstić information content (AvgIpc) is 2.92. The first-order chi connectivity index (χ1) is 11.4. The number of hydrogen-bond donors (Lipinski definition) is 1. The molecule has 0 aromatic heterocycles. The van der Waals surface area contributed by atoms with Crippen LogP contribution in [0, 0.1) is 16.7 Å². The number of carbonyl (C=O) groups excluding carboxylic acids is 3. The van der Waals surface area contributed by atoms with Crippen LogP contribution in [-0.2, 0) is 14.4 Å². The average molecular weight is 321 g/mol. The van der Waals surface area contributed by atoms with Crippen LogP contribution < -0.4 is 5.32 Å². The molecule has 24 heavy (non-hydrogen) atoms. The largest absolute Gasteiger partial charge is 0.325 e. The summed E-state index contributed by atoms with van der Waals surface area (Å²) in [5, 5.41) is 4.88. The third-order valence-corrected chi connectivity index (χ3v) is 6.13. The number of amides is 1. The Hall–Kier alpha value is -2.49. The summed E-state index contributed by atoms with van der Waals surface area (Å²) in [6.45, 7) is 3.74. The summed E-state index contributed by atoms with van der Waals surface area (Å²) in [6.07, 6.45) is 1.06. The number of rotatable bonds is 2. The number of anilines is 1. The lowest BCUT2D eigenvalue weighted by molar-refractivity contribution is -0.147. The summed E-state index contributed by atoms with van der Waals surface area (Å²) >= 11 is 0. The van der Waals surface area contributed by atoms with Gasteiger partial charge >= 0.3 is 0 Å². The van der Waals surface area contributed by atoms with Crippen molar-refractivity contribution in [1.29, 1.82) is 0 Å². The Balaban J connectivity index is 1.77. The summed E-state index contributed by atoms with van der Waals surface area (Å²) in [5.74, 6) is -1.56. The second-order valence-electron chi connectivity index (χ2n) is 7.39. The van der Waals surface area contributed by atoms with Crippen molar-refractivity contribution in [2.75, 3.05) is 5.32 Å². The molecule has 1 N–H and O–H groups in total. The van der Waals surface area contributed by atoms with Gasteiger partial charge in [0.05, 0.1) is 0 Å². The van der Waals surface area contributed by atoms with E-state index < -0.39 is 16.6 Å². The van der Waals surface area contributed by atoms with E-state index in [2.05, 4.69) is 5.32 Å². The molecule has 0 saturated heterocycles. The van der Waals surface area contributed by atoms with Crippen molar-refractivity contribution in [3.63, 3.8) is 0 Å². The molecule has 2 aliphatic rings. The second-order valence-corrected chi connectivity index (χ2v) is 7.39. The molecule has 2 aliphatic carbocycles. The number of ketones is 2. The maximum absolute atomic E-state index is 13.1. The molecule has 4 nitrogen and oxygen atoms in total. The van der Waals surface area contributed by atoms with E-state index in [-0.39, 0.29) is 17.6 Å². The van der Waals surface area contributed by atoms with Gasteiger partial charge in [-0.1, -0.05) is 50.2 Å². The molecular weight excluding hydrogens is 302 g/mol. The van der Waals surface area contributed by atoms with Crippen LogP contribution in [0.5, 0.6) is 0 Å². The fraction of sp³-hybridized carbons (Fsp3) is 0.350.